The molecule has 0 atom stereocenters. The van der Waals surface area contributed by atoms with Crippen LogP contribution in [0.1, 0.15) is 36.1 Å². The molecule has 3 rings (SSSR count). The summed E-state index contributed by atoms with van der Waals surface area (Å²) in [6.45, 7) is 2.19. The SMILES string of the molecule is Cc1ccc(S(=O)(=O)NCC(=O)NCC2(c3cccs3)CCCC2)cc1. The van der Waals surface area contributed by atoms with Gasteiger partial charge < -0.3 is 5.32 Å². The van der Waals surface area contributed by atoms with E-state index in [4.69, 9.17) is 0 Å². The molecule has 5 nitrogen and oxygen atoms in total. The van der Waals surface area contributed by atoms with E-state index in [1.165, 1.54) is 4.88 Å². The summed E-state index contributed by atoms with van der Waals surface area (Å²) in [6, 6.07) is 10.7. The second-order valence-electron chi connectivity index (χ2n) is 6.88. The Bertz CT molecular complexity index is 837. The molecule has 0 saturated heterocycles. The first kappa shape index (κ1) is 19.1. The summed E-state index contributed by atoms with van der Waals surface area (Å²) in [5, 5.41) is 4.99. The molecule has 1 saturated carbocycles. The predicted octanol–water partition coefficient (Wildman–Crippen LogP) is 2.96. The molecular weight excluding hydrogens is 368 g/mol. The van der Waals surface area contributed by atoms with E-state index >= 15 is 0 Å². The number of carbonyl (C=O) groups is 1. The predicted molar refractivity (Wildman–Crippen MR) is 104 cm³/mol. The molecule has 1 aliphatic carbocycles. The Hall–Kier alpha value is -1.70. The van der Waals surface area contributed by atoms with E-state index in [1.807, 2.05) is 13.0 Å². The second-order valence-corrected chi connectivity index (χ2v) is 9.59. The highest BCUT2D eigenvalue weighted by molar-refractivity contribution is 7.89. The molecule has 0 bridgehead atoms. The lowest BCUT2D eigenvalue weighted by atomic mass is 9.84. The fourth-order valence-corrected chi connectivity index (χ4v) is 5.40. The molecule has 7 heteroatoms. The molecule has 140 valence electrons. The first-order valence-corrected chi connectivity index (χ1v) is 11.1. The van der Waals surface area contributed by atoms with Crippen LogP contribution in [0.2, 0.25) is 0 Å². The summed E-state index contributed by atoms with van der Waals surface area (Å²) < 4.78 is 26.9. The highest BCUT2D eigenvalue weighted by Gasteiger charge is 2.36. The quantitative estimate of drug-likeness (QED) is 0.761. The molecule has 1 aromatic carbocycles. The van der Waals surface area contributed by atoms with Crippen molar-refractivity contribution in [1.29, 1.82) is 0 Å². The van der Waals surface area contributed by atoms with Crippen LogP contribution in [0.15, 0.2) is 46.7 Å². The van der Waals surface area contributed by atoms with Gasteiger partial charge in [-0.3, -0.25) is 4.79 Å². The van der Waals surface area contributed by atoms with Gasteiger partial charge in [0.25, 0.3) is 0 Å². The van der Waals surface area contributed by atoms with Crippen LogP contribution in [-0.4, -0.2) is 27.4 Å². The summed E-state index contributed by atoms with van der Waals surface area (Å²) in [6.07, 6.45) is 4.44. The van der Waals surface area contributed by atoms with Gasteiger partial charge in [0.1, 0.15) is 0 Å². The number of hydrogen-bond donors (Lipinski definition) is 2. The molecule has 26 heavy (non-hydrogen) atoms. The number of nitrogens with one attached hydrogen (secondary N) is 2. The monoisotopic (exact) mass is 392 g/mol. The third-order valence-electron chi connectivity index (χ3n) is 4.98. The maximum atomic E-state index is 12.3. The van der Waals surface area contributed by atoms with Gasteiger partial charge in [0.2, 0.25) is 15.9 Å². The lowest BCUT2D eigenvalue weighted by Crippen LogP contribution is -2.43. The van der Waals surface area contributed by atoms with E-state index < -0.39 is 10.0 Å². The lowest BCUT2D eigenvalue weighted by molar-refractivity contribution is -0.120. The maximum absolute atomic E-state index is 12.3. The molecule has 1 aromatic heterocycles. The number of amides is 1. The van der Waals surface area contributed by atoms with Crippen LogP contribution in [0.5, 0.6) is 0 Å². The minimum Gasteiger partial charge on any atom is -0.354 e. The summed E-state index contributed by atoms with van der Waals surface area (Å²) in [7, 11) is -3.68. The number of sulfonamides is 1. The number of hydrogen-bond acceptors (Lipinski definition) is 4. The van der Waals surface area contributed by atoms with Crippen LogP contribution in [0.3, 0.4) is 0 Å². The van der Waals surface area contributed by atoms with E-state index in [2.05, 4.69) is 21.5 Å². The van der Waals surface area contributed by atoms with Gasteiger partial charge in [-0.15, -0.1) is 11.3 Å². The normalized spacial score (nSPS) is 16.5. The van der Waals surface area contributed by atoms with Crippen LogP contribution in [-0.2, 0) is 20.2 Å². The molecule has 2 aromatic rings. The molecule has 1 heterocycles. The van der Waals surface area contributed by atoms with Gasteiger partial charge in [0, 0.05) is 16.8 Å². The van der Waals surface area contributed by atoms with Crippen molar-refractivity contribution in [2.75, 3.05) is 13.1 Å². The molecule has 2 N–H and O–H groups in total. The minimum atomic E-state index is -3.68. The van der Waals surface area contributed by atoms with E-state index in [0.29, 0.717) is 6.54 Å². The van der Waals surface area contributed by atoms with Crippen molar-refractivity contribution in [3.8, 4) is 0 Å². The molecule has 0 radical (unpaired) electrons. The zero-order valence-electron chi connectivity index (χ0n) is 14.8. The fraction of sp³-hybridized carbons (Fsp3) is 0.421. The van der Waals surface area contributed by atoms with Crippen LogP contribution in [0.25, 0.3) is 0 Å². The molecule has 0 spiro atoms. The summed E-state index contributed by atoms with van der Waals surface area (Å²) >= 11 is 1.72. The maximum Gasteiger partial charge on any atom is 0.241 e. The third-order valence-corrected chi connectivity index (χ3v) is 7.52. The minimum absolute atomic E-state index is 0.000339. The zero-order valence-corrected chi connectivity index (χ0v) is 16.5. The van der Waals surface area contributed by atoms with Crippen molar-refractivity contribution in [2.45, 2.75) is 42.9 Å². The first-order valence-electron chi connectivity index (χ1n) is 8.78. The Morgan fingerprint density at radius 1 is 1.15 bits per heavy atom. The fourth-order valence-electron chi connectivity index (χ4n) is 3.43. The smallest absolute Gasteiger partial charge is 0.241 e. The topological polar surface area (TPSA) is 75.3 Å². The highest BCUT2D eigenvalue weighted by atomic mass is 32.2. The van der Waals surface area contributed by atoms with Gasteiger partial charge in [-0.2, -0.15) is 0 Å². The average Bonchev–Trinajstić information content (AvgIpc) is 3.31. The molecule has 1 amide bonds. The van der Waals surface area contributed by atoms with Crippen molar-refractivity contribution < 1.29 is 13.2 Å². The van der Waals surface area contributed by atoms with Crippen molar-refractivity contribution in [3.63, 3.8) is 0 Å². The Balaban J connectivity index is 1.56. The van der Waals surface area contributed by atoms with Crippen LogP contribution in [0, 0.1) is 6.92 Å². The lowest BCUT2D eigenvalue weighted by Gasteiger charge is -2.28. The zero-order chi connectivity index (χ0) is 18.6. The largest absolute Gasteiger partial charge is 0.354 e. The Morgan fingerprint density at radius 3 is 2.46 bits per heavy atom. The first-order chi connectivity index (χ1) is 12.4. The molecule has 1 aliphatic rings. The van der Waals surface area contributed by atoms with Gasteiger partial charge in [-0.25, -0.2) is 13.1 Å². The van der Waals surface area contributed by atoms with Gasteiger partial charge >= 0.3 is 0 Å². The van der Waals surface area contributed by atoms with Crippen molar-refractivity contribution in [1.82, 2.24) is 10.0 Å². The number of carbonyl (C=O) groups excluding carboxylic acids is 1. The van der Waals surface area contributed by atoms with E-state index in [9.17, 15) is 13.2 Å². The molecular formula is C19H24N2O3S2. The number of aryl methyl sites for hydroxylation is 1. The van der Waals surface area contributed by atoms with E-state index in [-0.39, 0.29) is 22.8 Å². The van der Waals surface area contributed by atoms with Crippen molar-refractivity contribution in [3.05, 3.63) is 52.2 Å². The van der Waals surface area contributed by atoms with Crippen molar-refractivity contribution >= 4 is 27.3 Å². The number of benzene rings is 1. The summed E-state index contributed by atoms with van der Waals surface area (Å²) in [5.74, 6) is -0.302. The van der Waals surface area contributed by atoms with Crippen LogP contribution in [0.4, 0.5) is 0 Å². The van der Waals surface area contributed by atoms with E-state index in [1.54, 1.807) is 35.6 Å². The summed E-state index contributed by atoms with van der Waals surface area (Å²) in [4.78, 5) is 13.7. The Labute approximate surface area is 158 Å². The van der Waals surface area contributed by atoms with Crippen LogP contribution < -0.4 is 10.0 Å². The third kappa shape index (κ3) is 4.34. The average molecular weight is 393 g/mol. The van der Waals surface area contributed by atoms with Gasteiger partial charge in [-0.1, -0.05) is 36.6 Å². The Kier molecular flexibility index (Phi) is 5.79. The van der Waals surface area contributed by atoms with Gasteiger partial charge in [-0.05, 0) is 43.3 Å². The molecule has 1 fully saturated rings. The van der Waals surface area contributed by atoms with Crippen molar-refractivity contribution in [2.24, 2.45) is 0 Å². The Morgan fingerprint density at radius 2 is 1.85 bits per heavy atom. The van der Waals surface area contributed by atoms with Crippen LogP contribution >= 0.6 is 11.3 Å². The number of rotatable bonds is 7. The molecule has 0 aliphatic heterocycles. The standard InChI is InChI=1S/C19H24N2O3S2/c1-15-6-8-16(9-7-15)26(23,24)21-13-18(22)20-14-19(10-2-3-11-19)17-5-4-12-25-17/h4-9,12,21H,2-3,10-11,13-14H2,1H3,(H,20,22). The number of thiophene rings is 1. The van der Waals surface area contributed by atoms with E-state index in [0.717, 1.165) is 31.2 Å². The van der Waals surface area contributed by atoms with Gasteiger partial charge in [0.15, 0.2) is 0 Å². The summed E-state index contributed by atoms with van der Waals surface area (Å²) in [5.41, 5.74) is 0.983. The van der Waals surface area contributed by atoms with Gasteiger partial charge in [0.05, 0.1) is 11.4 Å². The highest BCUT2D eigenvalue weighted by Crippen LogP contribution is 2.42. The second kappa shape index (κ2) is 7.90. The molecule has 0 unspecified atom stereocenters.